The zero-order chi connectivity index (χ0) is 25.9. The maximum Gasteiger partial charge on any atom is 0.303 e. The van der Waals surface area contributed by atoms with Crippen molar-refractivity contribution < 1.29 is 19.4 Å². The molecule has 0 bridgehead atoms. The van der Waals surface area contributed by atoms with Gasteiger partial charge in [-0.3, -0.25) is 4.79 Å². The number of aliphatic carboxylic acids is 1. The van der Waals surface area contributed by atoms with E-state index >= 15 is 0 Å². The summed E-state index contributed by atoms with van der Waals surface area (Å²) in [5.74, 6) is 0.600. The number of benzene rings is 3. The molecule has 2 unspecified atom stereocenters. The zero-order valence-corrected chi connectivity index (χ0v) is 22.8. The quantitative estimate of drug-likeness (QED) is 0.243. The van der Waals surface area contributed by atoms with E-state index in [9.17, 15) is 4.79 Å². The number of rotatable bonds is 8. The van der Waals surface area contributed by atoms with E-state index in [1.165, 1.54) is 11.1 Å². The zero-order valence-electron chi connectivity index (χ0n) is 20.4. The molecule has 0 amide bonds. The van der Waals surface area contributed by atoms with Gasteiger partial charge in [-0.1, -0.05) is 54.1 Å². The number of carbonyl (C=O) groups is 1. The highest BCUT2D eigenvalue weighted by molar-refractivity contribution is 8.00. The van der Waals surface area contributed by atoms with Crippen LogP contribution in [0.4, 0.5) is 0 Å². The molecule has 0 spiro atoms. The molecule has 37 heavy (non-hydrogen) atoms. The number of ether oxygens (including phenoxy) is 2. The van der Waals surface area contributed by atoms with Crippen molar-refractivity contribution in [3.63, 3.8) is 0 Å². The van der Waals surface area contributed by atoms with Crippen LogP contribution in [-0.2, 0) is 17.6 Å². The molecule has 2 heterocycles. The molecule has 1 aliphatic rings. The molecule has 1 aromatic heterocycles. The van der Waals surface area contributed by atoms with E-state index < -0.39 is 5.97 Å². The molecule has 5 rings (SSSR count). The maximum atomic E-state index is 11.0. The molecule has 2 atom stereocenters. The number of hydrogen-bond donors (Lipinski definition) is 1. The number of thioether (sulfide) groups is 1. The van der Waals surface area contributed by atoms with Crippen molar-refractivity contribution >= 4 is 40.7 Å². The third-order valence-electron chi connectivity index (χ3n) is 6.46. The fourth-order valence-corrected chi connectivity index (χ4v) is 7.66. The van der Waals surface area contributed by atoms with E-state index in [4.69, 9.17) is 26.2 Å². The number of aromatic nitrogens is 1. The van der Waals surface area contributed by atoms with Crippen LogP contribution in [0.1, 0.15) is 43.5 Å². The molecule has 8 heteroatoms. The predicted octanol–water partition coefficient (Wildman–Crippen LogP) is 7.62. The number of methoxy groups -OCH3 is 2. The molecule has 5 nitrogen and oxygen atoms in total. The third-order valence-corrected chi connectivity index (χ3v) is 9.30. The second-order valence-corrected chi connectivity index (χ2v) is 11.7. The standard InChI is InChI=1S/C29H26ClNO4S2/c1-34-24-9-5-8-22(28(24)35-2)29-23-14-17(30)10-12-20(23)19-6-3-4-7-21(19)25(37-29)15-26-31-16-18(36-26)11-13-27(32)33/h3-10,12,14,16,25,29H,11,13,15H2,1-2H3,(H,32,33). The summed E-state index contributed by atoms with van der Waals surface area (Å²) < 4.78 is 11.5. The number of thiazole rings is 1. The van der Waals surface area contributed by atoms with Gasteiger partial charge in [0.15, 0.2) is 11.5 Å². The minimum Gasteiger partial charge on any atom is -0.493 e. The lowest BCUT2D eigenvalue weighted by molar-refractivity contribution is -0.136. The summed E-state index contributed by atoms with van der Waals surface area (Å²) in [4.78, 5) is 16.7. The van der Waals surface area contributed by atoms with Crippen LogP contribution in [0.5, 0.6) is 11.5 Å². The summed E-state index contributed by atoms with van der Waals surface area (Å²) in [5, 5.41) is 10.8. The Morgan fingerprint density at radius 3 is 2.57 bits per heavy atom. The SMILES string of the molecule is COc1cccc(C2SC(Cc3ncc(CCC(=O)O)s3)c3ccccc3-c3ccc(Cl)cc32)c1OC. The van der Waals surface area contributed by atoms with Crippen LogP contribution in [0.2, 0.25) is 5.02 Å². The van der Waals surface area contributed by atoms with Gasteiger partial charge < -0.3 is 14.6 Å². The number of para-hydroxylation sites is 1. The molecule has 1 N–H and O–H groups in total. The topological polar surface area (TPSA) is 68.7 Å². The lowest BCUT2D eigenvalue weighted by Gasteiger charge is -2.24. The van der Waals surface area contributed by atoms with Gasteiger partial charge in [-0.15, -0.1) is 23.1 Å². The number of halogens is 1. The van der Waals surface area contributed by atoms with Crippen LogP contribution in [-0.4, -0.2) is 30.3 Å². The van der Waals surface area contributed by atoms with Crippen LogP contribution in [0.3, 0.4) is 0 Å². The summed E-state index contributed by atoms with van der Waals surface area (Å²) in [5.41, 5.74) is 5.71. The number of hydrogen-bond acceptors (Lipinski definition) is 6. The number of carboxylic acids is 1. The first kappa shape index (κ1) is 25.6. The Morgan fingerprint density at radius 2 is 1.78 bits per heavy atom. The van der Waals surface area contributed by atoms with E-state index in [-0.39, 0.29) is 16.9 Å². The molecule has 190 valence electrons. The van der Waals surface area contributed by atoms with E-state index in [0.717, 1.165) is 33.0 Å². The second-order valence-electron chi connectivity index (χ2n) is 8.72. The van der Waals surface area contributed by atoms with Gasteiger partial charge in [0.1, 0.15) is 0 Å². The number of carboxylic acid groups (broad SMARTS) is 1. The van der Waals surface area contributed by atoms with Gasteiger partial charge in [0.05, 0.1) is 30.9 Å². The first-order valence-corrected chi connectivity index (χ1v) is 14.0. The smallest absolute Gasteiger partial charge is 0.303 e. The van der Waals surface area contributed by atoms with Crippen LogP contribution >= 0.6 is 34.7 Å². The van der Waals surface area contributed by atoms with Crippen molar-refractivity contribution in [1.29, 1.82) is 0 Å². The highest BCUT2D eigenvalue weighted by Gasteiger charge is 2.33. The van der Waals surface area contributed by atoms with Gasteiger partial charge in [0, 0.05) is 33.3 Å². The Morgan fingerprint density at radius 1 is 1.00 bits per heavy atom. The lowest BCUT2D eigenvalue weighted by atomic mass is 9.90. The Bertz CT molecular complexity index is 1440. The summed E-state index contributed by atoms with van der Waals surface area (Å²) in [6.45, 7) is 0. The molecule has 0 saturated carbocycles. The number of fused-ring (bicyclic) bond motifs is 3. The Hall–Kier alpha value is -3.00. The van der Waals surface area contributed by atoms with Gasteiger partial charge in [0.25, 0.3) is 0 Å². The van der Waals surface area contributed by atoms with Gasteiger partial charge in [-0.2, -0.15) is 0 Å². The molecule has 4 aromatic rings. The monoisotopic (exact) mass is 551 g/mol. The van der Waals surface area contributed by atoms with Crippen molar-refractivity contribution in [2.24, 2.45) is 0 Å². The van der Waals surface area contributed by atoms with E-state index in [2.05, 4.69) is 47.4 Å². The molecular weight excluding hydrogens is 526 g/mol. The van der Waals surface area contributed by atoms with Gasteiger partial charge in [0.2, 0.25) is 0 Å². The fraction of sp³-hybridized carbons (Fsp3) is 0.241. The average molecular weight is 552 g/mol. The van der Waals surface area contributed by atoms with E-state index in [0.29, 0.717) is 22.9 Å². The number of aryl methyl sites for hydroxylation is 1. The molecule has 0 radical (unpaired) electrons. The minimum absolute atomic E-state index is 0.0670. The number of nitrogens with zero attached hydrogens (tertiary/aromatic N) is 1. The van der Waals surface area contributed by atoms with Crippen molar-refractivity contribution in [3.8, 4) is 22.6 Å². The molecule has 1 aliphatic heterocycles. The average Bonchev–Trinajstić information content (AvgIpc) is 3.31. The molecule has 0 saturated heterocycles. The van der Waals surface area contributed by atoms with Gasteiger partial charge in [-0.05, 0) is 46.9 Å². The normalized spacial score (nSPS) is 16.4. The minimum atomic E-state index is -0.797. The van der Waals surface area contributed by atoms with Crippen LogP contribution < -0.4 is 9.47 Å². The van der Waals surface area contributed by atoms with Crippen molar-refractivity contribution in [1.82, 2.24) is 4.98 Å². The summed E-state index contributed by atoms with van der Waals surface area (Å²) in [6, 6.07) is 20.6. The van der Waals surface area contributed by atoms with Crippen molar-refractivity contribution in [2.45, 2.75) is 29.8 Å². The van der Waals surface area contributed by atoms with Gasteiger partial charge in [-0.25, -0.2) is 4.98 Å². The summed E-state index contributed by atoms with van der Waals surface area (Å²) in [6.07, 6.45) is 3.14. The fourth-order valence-electron chi connectivity index (χ4n) is 4.79. The Labute approximate surface area is 229 Å². The van der Waals surface area contributed by atoms with Crippen LogP contribution in [0, 0.1) is 0 Å². The van der Waals surface area contributed by atoms with Crippen molar-refractivity contribution in [2.75, 3.05) is 14.2 Å². The highest BCUT2D eigenvalue weighted by Crippen LogP contribution is 2.56. The summed E-state index contributed by atoms with van der Waals surface area (Å²) >= 11 is 9.99. The Balaban J connectivity index is 1.61. The summed E-state index contributed by atoms with van der Waals surface area (Å²) in [7, 11) is 3.32. The van der Waals surface area contributed by atoms with E-state index in [1.54, 1.807) is 25.6 Å². The molecule has 3 aromatic carbocycles. The maximum absolute atomic E-state index is 11.0. The highest BCUT2D eigenvalue weighted by atomic mass is 35.5. The van der Waals surface area contributed by atoms with Gasteiger partial charge >= 0.3 is 5.97 Å². The first-order chi connectivity index (χ1) is 18.0. The molecule has 0 aliphatic carbocycles. The lowest BCUT2D eigenvalue weighted by Crippen LogP contribution is -2.05. The Kier molecular flexibility index (Phi) is 7.74. The third kappa shape index (κ3) is 5.35. The largest absolute Gasteiger partial charge is 0.493 e. The second kappa shape index (κ2) is 11.2. The molecule has 0 fully saturated rings. The predicted molar refractivity (Wildman–Crippen MR) is 150 cm³/mol. The van der Waals surface area contributed by atoms with Crippen molar-refractivity contribution in [3.05, 3.63) is 98.5 Å². The van der Waals surface area contributed by atoms with Crippen LogP contribution in [0.15, 0.2) is 66.9 Å². The molecular formula is C29H26ClNO4S2. The van der Waals surface area contributed by atoms with Crippen LogP contribution in [0.25, 0.3) is 11.1 Å². The van der Waals surface area contributed by atoms with E-state index in [1.807, 2.05) is 36.2 Å². The first-order valence-electron chi connectivity index (χ1n) is 11.9.